The minimum Gasteiger partial charge on any atom is -0.481 e. The number of rotatable bonds is 4. The van der Waals surface area contributed by atoms with E-state index in [-0.39, 0.29) is 12.0 Å². The Morgan fingerprint density at radius 3 is 2.32 bits per heavy atom. The minimum atomic E-state index is -3.39. The second-order valence-corrected chi connectivity index (χ2v) is 7.46. The van der Waals surface area contributed by atoms with Crippen molar-refractivity contribution >= 4 is 16.2 Å². The Labute approximate surface area is 114 Å². The lowest BCUT2D eigenvalue weighted by atomic mass is 9.87. The number of hydrogen-bond donors (Lipinski definition) is 2. The number of nitrogens with one attached hydrogen (secondary N) is 1. The topological polar surface area (TPSA) is 86.7 Å². The number of nitrogens with zero attached hydrogens (tertiary/aromatic N) is 1. The fraction of sp³-hybridized carbons (Fsp3) is 0.917. The number of hydrogen-bond acceptors (Lipinski definition) is 3. The summed E-state index contributed by atoms with van der Waals surface area (Å²) < 4.78 is 28.5. The summed E-state index contributed by atoms with van der Waals surface area (Å²) in [5, 5.41) is 8.91. The first kappa shape index (κ1) is 14.7. The third-order valence-electron chi connectivity index (χ3n) is 4.12. The lowest BCUT2D eigenvalue weighted by Gasteiger charge is -2.28. The largest absolute Gasteiger partial charge is 0.481 e. The Morgan fingerprint density at radius 2 is 1.84 bits per heavy atom. The molecule has 0 aromatic heterocycles. The van der Waals surface area contributed by atoms with E-state index in [0.29, 0.717) is 44.7 Å². The summed E-state index contributed by atoms with van der Waals surface area (Å²) in [5.74, 6) is -0.665. The van der Waals surface area contributed by atoms with Gasteiger partial charge in [-0.25, -0.2) is 0 Å². The molecular formula is C12H22N2O4S. The Kier molecular flexibility index (Phi) is 4.47. The fourth-order valence-electron chi connectivity index (χ4n) is 2.86. The first-order valence-corrected chi connectivity index (χ1v) is 8.32. The van der Waals surface area contributed by atoms with E-state index < -0.39 is 16.2 Å². The highest BCUT2D eigenvalue weighted by Crippen LogP contribution is 2.26. The Morgan fingerprint density at radius 1 is 1.21 bits per heavy atom. The Hall–Kier alpha value is -0.660. The van der Waals surface area contributed by atoms with E-state index in [9.17, 15) is 13.2 Å². The van der Waals surface area contributed by atoms with Gasteiger partial charge < -0.3 is 5.11 Å². The van der Waals surface area contributed by atoms with Crippen molar-refractivity contribution in [2.45, 2.75) is 45.1 Å². The molecule has 2 rings (SSSR count). The molecule has 1 heterocycles. The molecule has 1 atom stereocenters. The second-order valence-electron chi connectivity index (χ2n) is 5.76. The van der Waals surface area contributed by atoms with E-state index >= 15 is 0 Å². The van der Waals surface area contributed by atoms with Crippen LogP contribution in [-0.4, -0.2) is 42.9 Å². The van der Waals surface area contributed by atoms with Gasteiger partial charge >= 0.3 is 5.97 Å². The zero-order valence-electron chi connectivity index (χ0n) is 11.2. The summed E-state index contributed by atoms with van der Waals surface area (Å²) in [6, 6.07) is -0.114. The van der Waals surface area contributed by atoms with Crippen LogP contribution in [0, 0.1) is 11.8 Å². The van der Waals surface area contributed by atoms with Gasteiger partial charge in [0.05, 0.1) is 5.92 Å². The predicted octanol–water partition coefficient (Wildman–Crippen LogP) is 0.806. The molecule has 1 saturated heterocycles. The molecule has 1 aliphatic carbocycles. The van der Waals surface area contributed by atoms with Crippen LogP contribution in [0.15, 0.2) is 0 Å². The van der Waals surface area contributed by atoms with Crippen molar-refractivity contribution in [1.29, 1.82) is 0 Å². The van der Waals surface area contributed by atoms with Crippen LogP contribution in [0.3, 0.4) is 0 Å². The normalized spacial score (nSPS) is 33.4. The molecule has 1 aliphatic heterocycles. The predicted molar refractivity (Wildman–Crippen MR) is 70.8 cm³/mol. The maximum Gasteiger partial charge on any atom is 0.306 e. The molecule has 1 unspecified atom stereocenters. The molecule has 0 radical (unpaired) electrons. The quantitative estimate of drug-likeness (QED) is 0.802. The summed E-state index contributed by atoms with van der Waals surface area (Å²) in [6.45, 7) is 3.22. The smallest absolute Gasteiger partial charge is 0.306 e. The standard InChI is InChI=1S/C12H22N2O4S/c1-9-6-7-14(8-9)19(17,18)13-11-4-2-10(3-5-11)12(15)16/h9-11,13H,2-8H2,1H3,(H,15,16). The van der Waals surface area contributed by atoms with Gasteiger partial charge in [-0.05, 0) is 38.0 Å². The number of carbonyl (C=O) groups is 1. The Balaban J connectivity index is 1.86. The molecule has 7 heteroatoms. The lowest BCUT2D eigenvalue weighted by Crippen LogP contribution is -2.46. The first-order valence-electron chi connectivity index (χ1n) is 6.88. The summed E-state index contributed by atoms with van der Waals surface area (Å²) in [7, 11) is -3.39. The number of aliphatic carboxylic acids is 1. The van der Waals surface area contributed by atoms with Crippen molar-refractivity contribution in [2.75, 3.05) is 13.1 Å². The van der Waals surface area contributed by atoms with Gasteiger partial charge in [0.25, 0.3) is 10.2 Å². The highest BCUT2D eigenvalue weighted by atomic mass is 32.2. The van der Waals surface area contributed by atoms with Gasteiger partial charge in [0.2, 0.25) is 0 Å². The maximum absolute atomic E-state index is 12.2. The van der Waals surface area contributed by atoms with Crippen molar-refractivity contribution in [1.82, 2.24) is 9.03 Å². The van der Waals surface area contributed by atoms with E-state index in [1.807, 2.05) is 6.92 Å². The molecular weight excluding hydrogens is 268 g/mol. The molecule has 2 fully saturated rings. The molecule has 0 aromatic rings. The van der Waals surface area contributed by atoms with Gasteiger partial charge in [0.15, 0.2) is 0 Å². The molecule has 0 spiro atoms. The molecule has 110 valence electrons. The molecule has 0 bridgehead atoms. The SMILES string of the molecule is CC1CCN(S(=O)(=O)NC2CCC(C(=O)O)CC2)C1. The molecule has 19 heavy (non-hydrogen) atoms. The van der Waals surface area contributed by atoms with Crippen LogP contribution in [0.5, 0.6) is 0 Å². The van der Waals surface area contributed by atoms with Crippen LogP contribution in [0.4, 0.5) is 0 Å². The van der Waals surface area contributed by atoms with Crippen LogP contribution in [0.25, 0.3) is 0 Å². The fourth-order valence-corrected chi connectivity index (χ4v) is 4.46. The van der Waals surface area contributed by atoms with Crippen molar-refractivity contribution < 1.29 is 18.3 Å². The average Bonchev–Trinajstić information content (AvgIpc) is 2.77. The molecule has 2 aliphatic rings. The summed E-state index contributed by atoms with van der Waals surface area (Å²) >= 11 is 0. The van der Waals surface area contributed by atoms with Crippen LogP contribution in [0.1, 0.15) is 39.0 Å². The van der Waals surface area contributed by atoms with Gasteiger partial charge in [-0.3, -0.25) is 4.79 Å². The van der Waals surface area contributed by atoms with E-state index in [1.54, 1.807) is 0 Å². The van der Waals surface area contributed by atoms with Gasteiger partial charge in [0.1, 0.15) is 0 Å². The third-order valence-corrected chi connectivity index (χ3v) is 5.76. The van der Waals surface area contributed by atoms with Gasteiger partial charge in [-0.15, -0.1) is 0 Å². The van der Waals surface area contributed by atoms with Crippen LogP contribution in [-0.2, 0) is 15.0 Å². The molecule has 2 N–H and O–H groups in total. The first-order chi connectivity index (χ1) is 8.88. The molecule has 0 aromatic carbocycles. The average molecular weight is 290 g/mol. The van der Waals surface area contributed by atoms with E-state index in [1.165, 1.54) is 4.31 Å². The number of carboxylic acids is 1. The van der Waals surface area contributed by atoms with Crippen LogP contribution >= 0.6 is 0 Å². The van der Waals surface area contributed by atoms with Crippen molar-refractivity contribution in [3.05, 3.63) is 0 Å². The second kappa shape index (κ2) is 5.76. The highest BCUT2D eigenvalue weighted by molar-refractivity contribution is 7.87. The third kappa shape index (κ3) is 3.67. The van der Waals surface area contributed by atoms with Crippen molar-refractivity contribution in [3.63, 3.8) is 0 Å². The van der Waals surface area contributed by atoms with Crippen molar-refractivity contribution in [2.24, 2.45) is 11.8 Å². The lowest BCUT2D eigenvalue weighted by molar-refractivity contribution is -0.142. The van der Waals surface area contributed by atoms with E-state index in [2.05, 4.69) is 4.72 Å². The zero-order valence-corrected chi connectivity index (χ0v) is 12.0. The summed E-state index contributed by atoms with van der Waals surface area (Å²) in [4.78, 5) is 10.8. The van der Waals surface area contributed by atoms with Crippen LogP contribution < -0.4 is 4.72 Å². The Bertz CT molecular complexity index is 429. The molecule has 6 nitrogen and oxygen atoms in total. The van der Waals surface area contributed by atoms with Gasteiger partial charge in [0, 0.05) is 19.1 Å². The van der Waals surface area contributed by atoms with E-state index in [0.717, 1.165) is 6.42 Å². The highest BCUT2D eigenvalue weighted by Gasteiger charge is 2.33. The molecule has 1 saturated carbocycles. The summed E-state index contributed by atoms with van der Waals surface area (Å²) in [6.07, 6.45) is 3.24. The summed E-state index contributed by atoms with van der Waals surface area (Å²) in [5.41, 5.74) is 0. The molecule has 0 amide bonds. The monoisotopic (exact) mass is 290 g/mol. The van der Waals surface area contributed by atoms with Gasteiger partial charge in [-0.1, -0.05) is 6.92 Å². The van der Waals surface area contributed by atoms with Crippen molar-refractivity contribution in [3.8, 4) is 0 Å². The van der Waals surface area contributed by atoms with Gasteiger partial charge in [-0.2, -0.15) is 17.4 Å². The number of carboxylic acid groups (broad SMARTS) is 1. The minimum absolute atomic E-state index is 0.114. The zero-order chi connectivity index (χ0) is 14.0. The maximum atomic E-state index is 12.2. The van der Waals surface area contributed by atoms with Crippen LogP contribution in [0.2, 0.25) is 0 Å². The van der Waals surface area contributed by atoms with E-state index in [4.69, 9.17) is 5.11 Å².